The van der Waals surface area contributed by atoms with Gasteiger partial charge in [0.15, 0.2) is 18.2 Å². The fourth-order valence-electron chi connectivity index (χ4n) is 4.74. The van der Waals surface area contributed by atoms with Crippen molar-refractivity contribution in [3.8, 4) is 11.6 Å². The van der Waals surface area contributed by atoms with Crippen molar-refractivity contribution in [2.24, 2.45) is 5.92 Å². The standard InChI is InChI=1S/C25H28F2N6O4/c1-35-22-6-4-19-23(32-22)17(18(26)11-29-19)7-8-33-12-15(25(27,14-33)36-2)9-28-10-16-3-5-20-24(30-16)31-21(34)13-37-20/h3-6,11,15,28H,7-10,12-14H2,1-2H3,(H,30,31,34)/t15-,25+/m0/s1. The van der Waals surface area contributed by atoms with Gasteiger partial charge in [-0.2, -0.15) is 0 Å². The van der Waals surface area contributed by atoms with Gasteiger partial charge in [-0.05, 0) is 24.6 Å². The molecule has 196 valence electrons. The van der Waals surface area contributed by atoms with E-state index in [1.54, 1.807) is 24.3 Å². The lowest BCUT2D eigenvalue weighted by molar-refractivity contribution is -0.138. The summed E-state index contributed by atoms with van der Waals surface area (Å²) < 4.78 is 46.0. The van der Waals surface area contributed by atoms with E-state index in [1.807, 2.05) is 4.90 Å². The zero-order chi connectivity index (χ0) is 26.0. The first kappa shape index (κ1) is 25.2. The first-order valence-corrected chi connectivity index (χ1v) is 12.0. The number of methoxy groups -OCH3 is 2. The van der Waals surface area contributed by atoms with Crippen molar-refractivity contribution in [2.45, 2.75) is 18.8 Å². The number of amides is 1. The number of ether oxygens (including phenoxy) is 3. The first-order chi connectivity index (χ1) is 17.9. The van der Waals surface area contributed by atoms with Crippen LogP contribution in [0.5, 0.6) is 11.6 Å². The fourth-order valence-corrected chi connectivity index (χ4v) is 4.74. The molecule has 2 N–H and O–H groups in total. The van der Waals surface area contributed by atoms with Crippen LogP contribution in [-0.2, 0) is 22.5 Å². The molecule has 0 unspecified atom stereocenters. The minimum Gasteiger partial charge on any atom is -0.481 e. The summed E-state index contributed by atoms with van der Waals surface area (Å²) in [7, 11) is 2.86. The lowest BCUT2D eigenvalue weighted by Crippen LogP contribution is -2.40. The maximum atomic E-state index is 15.6. The number of fused-ring (bicyclic) bond motifs is 2. The van der Waals surface area contributed by atoms with Gasteiger partial charge in [-0.15, -0.1) is 0 Å². The summed E-state index contributed by atoms with van der Waals surface area (Å²) in [6.07, 6.45) is 1.52. The monoisotopic (exact) mass is 514 g/mol. The molecule has 10 nitrogen and oxygen atoms in total. The number of nitrogens with one attached hydrogen (secondary N) is 2. The Labute approximate surface area is 212 Å². The van der Waals surface area contributed by atoms with E-state index in [9.17, 15) is 9.18 Å². The number of hydrogen-bond acceptors (Lipinski definition) is 9. The molecule has 0 aliphatic carbocycles. The van der Waals surface area contributed by atoms with Crippen LogP contribution in [-0.4, -0.2) is 78.6 Å². The van der Waals surface area contributed by atoms with E-state index < -0.39 is 17.6 Å². The largest absolute Gasteiger partial charge is 0.481 e. The Morgan fingerprint density at radius 3 is 2.95 bits per heavy atom. The van der Waals surface area contributed by atoms with Crippen LogP contribution in [0.4, 0.5) is 14.6 Å². The van der Waals surface area contributed by atoms with Crippen LogP contribution in [0.2, 0.25) is 0 Å². The number of carbonyl (C=O) groups excluding carboxylic acids is 1. The van der Waals surface area contributed by atoms with Crippen molar-refractivity contribution >= 4 is 22.8 Å². The first-order valence-electron chi connectivity index (χ1n) is 12.0. The van der Waals surface area contributed by atoms with Gasteiger partial charge in [0, 0.05) is 50.8 Å². The molecule has 2 atom stereocenters. The Balaban J connectivity index is 1.21. The third kappa shape index (κ3) is 5.31. The second-order valence-corrected chi connectivity index (χ2v) is 9.10. The zero-order valence-electron chi connectivity index (χ0n) is 20.6. The molecule has 37 heavy (non-hydrogen) atoms. The SMILES string of the molecule is COc1ccc2ncc(F)c(CCN3C[C@H](CNCc4ccc5c(n4)NC(=O)CO5)[C@](F)(OC)C3)c2n1. The van der Waals surface area contributed by atoms with Crippen molar-refractivity contribution in [1.82, 2.24) is 25.2 Å². The zero-order valence-corrected chi connectivity index (χ0v) is 20.6. The molecule has 5 heterocycles. The van der Waals surface area contributed by atoms with Crippen molar-refractivity contribution in [3.05, 3.63) is 47.5 Å². The molecule has 2 aliphatic heterocycles. The van der Waals surface area contributed by atoms with Gasteiger partial charge in [0.2, 0.25) is 11.7 Å². The van der Waals surface area contributed by atoms with Gasteiger partial charge < -0.3 is 24.8 Å². The highest BCUT2D eigenvalue weighted by Gasteiger charge is 2.47. The Kier molecular flexibility index (Phi) is 7.13. The van der Waals surface area contributed by atoms with E-state index in [2.05, 4.69) is 25.6 Å². The summed E-state index contributed by atoms with van der Waals surface area (Å²) in [5.74, 6) is -1.74. The van der Waals surface area contributed by atoms with Crippen LogP contribution >= 0.6 is 0 Å². The van der Waals surface area contributed by atoms with Crippen molar-refractivity contribution in [3.63, 3.8) is 0 Å². The normalized spacial score (nSPS) is 21.5. The summed E-state index contributed by atoms with van der Waals surface area (Å²) in [4.78, 5) is 26.3. The molecule has 5 rings (SSSR count). The topological polar surface area (TPSA) is 111 Å². The minimum atomic E-state index is -1.85. The van der Waals surface area contributed by atoms with Crippen molar-refractivity contribution in [1.29, 1.82) is 0 Å². The van der Waals surface area contributed by atoms with Crippen molar-refractivity contribution in [2.75, 3.05) is 52.3 Å². The number of alkyl halides is 1. The Morgan fingerprint density at radius 2 is 2.14 bits per heavy atom. The molecule has 12 heteroatoms. The Hall–Kier alpha value is -3.48. The average molecular weight is 515 g/mol. The molecule has 1 saturated heterocycles. The molecule has 0 saturated carbocycles. The molecule has 3 aromatic rings. The number of halogens is 2. The van der Waals surface area contributed by atoms with Gasteiger partial charge in [-0.1, -0.05) is 0 Å². The Bertz CT molecular complexity index is 1310. The molecule has 2 aliphatic rings. The Morgan fingerprint density at radius 1 is 1.27 bits per heavy atom. The van der Waals surface area contributed by atoms with E-state index >= 15 is 4.39 Å². The summed E-state index contributed by atoms with van der Waals surface area (Å²) in [5, 5.41) is 5.91. The molecule has 1 amide bonds. The van der Waals surface area contributed by atoms with E-state index in [4.69, 9.17) is 14.2 Å². The fraction of sp³-hybridized carbons (Fsp3) is 0.440. The summed E-state index contributed by atoms with van der Waals surface area (Å²) in [6, 6.07) is 6.95. The van der Waals surface area contributed by atoms with Gasteiger partial charge in [-0.25, -0.2) is 18.7 Å². The number of aromatic nitrogens is 3. The minimum absolute atomic E-state index is 0.0329. The van der Waals surface area contributed by atoms with E-state index in [0.29, 0.717) is 72.3 Å². The smallest absolute Gasteiger partial charge is 0.263 e. The van der Waals surface area contributed by atoms with E-state index in [1.165, 1.54) is 20.4 Å². The second kappa shape index (κ2) is 10.5. The van der Waals surface area contributed by atoms with Gasteiger partial charge in [-0.3, -0.25) is 14.7 Å². The quantitative estimate of drug-likeness (QED) is 0.443. The van der Waals surface area contributed by atoms with E-state index in [0.717, 1.165) is 0 Å². The number of anilines is 1. The summed E-state index contributed by atoms with van der Waals surface area (Å²) in [6.45, 7) is 1.61. The van der Waals surface area contributed by atoms with Crippen LogP contribution in [0.1, 0.15) is 11.3 Å². The summed E-state index contributed by atoms with van der Waals surface area (Å²) in [5.41, 5.74) is 2.11. The lowest BCUT2D eigenvalue weighted by Gasteiger charge is -2.25. The molecule has 0 spiro atoms. The molecular formula is C25H28F2N6O4. The number of pyridine rings is 3. The van der Waals surface area contributed by atoms with Crippen LogP contribution < -0.4 is 20.1 Å². The number of carbonyl (C=O) groups is 1. The average Bonchev–Trinajstić information content (AvgIpc) is 3.23. The van der Waals surface area contributed by atoms with E-state index in [-0.39, 0.29) is 19.1 Å². The number of hydrogen-bond donors (Lipinski definition) is 2. The van der Waals surface area contributed by atoms with Crippen LogP contribution in [0.3, 0.4) is 0 Å². The molecule has 1 fully saturated rings. The maximum Gasteiger partial charge on any atom is 0.263 e. The molecule has 0 bridgehead atoms. The molecule has 0 aromatic carbocycles. The van der Waals surface area contributed by atoms with Gasteiger partial charge in [0.25, 0.3) is 5.91 Å². The lowest BCUT2D eigenvalue weighted by atomic mass is 10.0. The second-order valence-electron chi connectivity index (χ2n) is 9.10. The van der Waals surface area contributed by atoms with Crippen LogP contribution in [0.25, 0.3) is 11.0 Å². The molecule has 0 radical (unpaired) electrons. The highest BCUT2D eigenvalue weighted by Crippen LogP contribution is 2.33. The molecule has 3 aromatic heterocycles. The van der Waals surface area contributed by atoms with Gasteiger partial charge in [0.05, 0.1) is 36.6 Å². The number of rotatable bonds is 9. The highest BCUT2D eigenvalue weighted by atomic mass is 19.2. The number of likely N-dealkylation sites (tertiary alicyclic amines) is 1. The molecular weight excluding hydrogens is 486 g/mol. The third-order valence-electron chi connectivity index (χ3n) is 6.72. The predicted octanol–water partition coefficient (Wildman–Crippen LogP) is 2.08. The number of nitrogens with zero attached hydrogens (tertiary/aromatic N) is 4. The highest BCUT2D eigenvalue weighted by molar-refractivity contribution is 5.94. The van der Waals surface area contributed by atoms with Crippen LogP contribution in [0, 0.1) is 11.7 Å². The van der Waals surface area contributed by atoms with Crippen molar-refractivity contribution < 1.29 is 27.8 Å². The third-order valence-corrected chi connectivity index (χ3v) is 6.72. The predicted molar refractivity (Wildman–Crippen MR) is 131 cm³/mol. The van der Waals surface area contributed by atoms with Gasteiger partial charge in [0.1, 0.15) is 5.82 Å². The summed E-state index contributed by atoms with van der Waals surface area (Å²) >= 11 is 0. The van der Waals surface area contributed by atoms with Crippen LogP contribution in [0.15, 0.2) is 30.5 Å². The maximum absolute atomic E-state index is 15.6. The van der Waals surface area contributed by atoms with Gasteiger partial charge >= 0.3 is 0 Å².